The van der Waals surface area contributed by atoms with Gasteiger partial charge in [0.15, 0.2) is 0 Å². The minimum absolute atomic E-state index is 0.0443. The number of rotatable bonds is 7. The second kappa shape index (κ2) is 7.79. The van der Waals surface area contributed by atoms with Gasteiger partial charge in [-0.25, -0.2) is 0 Å². The highest BCUT2D eigenvalue weighted by molar-refractivity contribution is 5.79. The van der Waals surface area contributed by atoms with Crippen molar-refractivity contribution in [2.75, 3.05) is 20.2 Å². The van der Waals surface area contributed by atoms with Crippen molar-refractivity contribution >= 4 is 5.91 Å². The van der Waals surface area contributed by atoms with Gasteiger partial charge in [-0.15, -0.1) is 0 Å². The molecule has 0 heterocycles. The normalized spacial score (nSPS) is 13.7. The largest absolute Gasteiger partial charge is 0.496 e. The van der Waals surface area contributed by atoms with Crippen LogP contribution in [0.2, 0.25) is 0 Å². The van der Waals surface area contributed by atoms with Crippen molar-refractivity contribution in [2.45, 2.75) is 26.8 Å². The van der Waals surface area contributed by atoms with Gasteiger partial charge in [0.1, 0.15) is 5.75 Å². The van der Waals surface area contributed by atoms with Crippen LogP contribution in [0.15, 0.2) is 24.3 Å². The first-order chi connectivity index (χ1) is 9.10. The smallest absolute Gasteiger partial charge is 0.224 e. The van der Waals surface area contributed by atoms with Crippen molar-refractivity contribution in [1.82, 2.24) is 10.6 Å². The fourth-order valence-electron chi connectivity index (χ4n) is 1.91. The first kappa shape index (κ1) is 15.5. The summed E-state index contributed by atoms with van der Waals surface area (Å²) in [5, 5.41) is 6.20. The van der Waals surface area contributed by atoms with Gasteiger partial charge in [0.2, 0.25) is 5.91 Å². The lowest BCUT2D eigenvalue weighted by Crippen LogP contribution is -2.36. The molecule has 0 aliphatic heterocycles. The quantitative estimate of drug-likeness (QED) is 0.793. The Morgan fingerprint density at radius 2 is 2.00 bits per heavy atom. The summed E-state index contributed by atoms with van der Waals surface area (Å²) in [6, 6.07) is 7.68. The van der Waals surface area contributed by atoms with E-state index in [1.807, 2.05) is 45.0 Å². The molecule has 0 aromatic heterocycles. The first-order valence-electron chi connectivity index (χ1n) is 6.74. The second-order valence-corrected chi connectivity index (χ2v) is 4.68. The molecule has 1 aromatic carbocycles. The molecule has 0 bridgehead atoms. The number of ether oxygens (including phenoxy) is 1. The highest BCUT2D eigenvalue weighted by atomic mass is 16.5. The monoisotopic (exact) mass is 264 g/mol. The molecule has 4 nitrogen and oxygen atoms in total. The maximum absolute atomic E-state index is 12.0. The first-order valence-corrected chi connectivity index (χ1v) is 6.74. The third kappa shape index (κ3) is 4.56. The fraction of sp³-hybridized carbons (Fsp3) is 0.533. The van der Waals surface area contributed by atoms with Gasteiger partial charge in [-0.3, -0.25) is 4.79 Å². The Bertz CT molecular complexity index is 407. The van der Waals surface area contributed by atoms with E-state index < -0.39 is 0 Å². The average molecular weight is 264 g/mol. The maximum Gasteiger partial charge on any atom is 0.224 e. The molecule has 1 rings (SSSR count). The van der Waals surface area contributed by atoms with Crippen LogP contribution >= 0.6 is 0 Å². The standard InChI is InChI=1S/C15H24N2O2/c1-5-16-10-11(2)15(18)17-12(3)13-8-6-7-9-14(13)19-4/h6-9,11-12,16H,5,10H2,1-4H3,(H,17,18). The molecule has 0 aliphatic carbocycles. The minimum Gasteiger partial charge on any atom is -0.496 e. The molecule has 1 amide bonds. The van der Waals surface area contributed by atoms with E-state index in [1.165, 1.54) is 0 Å². The number of para-hydroxylation sites is 1. The number of nitrogens with one attached hydrogen (secondary N) is 2. The predicted molar refractivity (Wildman–Crippen MR) is 77.3 cm³/mol. The Morgan fingerprint density at radius 3 is 2.63 bits per heavy atom. The van der Waals surface area contributed by atoms with E-state index in [-0.39, 0.29) is 17.9 Å². The summed E-state index contributed by atoms with van der Waals surface area (Å²) in [5.41, 5.74) is 0.994. The van der Waals surface area contributed by atoms with Gasteiger partial charge < -0.3 is 15.4 Å². The van der Waals surface area contributed by atoms with E-state index in [0.29, 0.717) is 6.54 Å². The van der Waals surface area contributed by atoms with Crippen LogP contribution in [0, 0.1) is 5.92 Å². The number of amides is 1. The molecular formula is C15H24N2O2. The zero-order valence-corrected chi connectivity index (χ0v) is 12.2. The third-order valence-corrected chi connectivity index (χ3v) is 3.11. The minimum atomic E-state index is -0.0623. The van der Waals surface area contributed by atoms with Gasteiger partial charge >= 0.3 is 0 Å². The van der Waals surface area contributed by atoms with Gasteiger partial charge in [-0.05, 0) is 19.5 Å². The molecular weight excluding hydrogens is 240 g/mol. The summed E-state index contributed by atoms with van der Waals surface area (Å²) >= 11 is 0. The zero-order chi connectivity index (χ0) is 14.3. The lowest BCUT2D eigenvalue weighted by molar-refractivity contribution is -0.125. The number of carbonyl (C=O) groups is 1. The summed E-state index contributed by atoms with van der Waals surface area (Å²) < 4.78 is 5.31. The molecule has 0 saturated carbocycles. The topological polar surface area (TPSA) is 50.4 Å². The number of benzene rings is 1. The predicted octanol–water partition coefficient (Wildman–Crippen LogP) is 2.12. The lowest BCUT2D eigenvalue weighted by Gasteiger charge is -2.19. The summed E-state index contributed by atoms with van der Waals surface area (Å²) in [6.45, 7) is 7.49. The van der Waals surface area contributed by atoms with Gasteiger partial charge in [0.25, 0.3) is 0 Å². The van der Waals surface area contributed by atoms with Gasteiger partial charge in [0.05, 0.1) is 13.2 Å². The van der Waals surface area contributed by atoms with E-state index in [2.05, 4.69) is 10.6 Å². The molecule has 0 fully saturated rings. The molecule has 4 heteroatoms. The van der Waals surface area contributed by atoms with Crippen molar-refractivity contribution in [3.8, 4) is 5.75 Å². The van der Waals surface area contributed by atoms with Crippen LogP contribution in [0.4, 0.5) is 0 Å². The van der Waals surface area contributed by atoms with E-state index in [4.69, 9.17) is 4.74 Å². The average Bonchev–Trinajstić information content (AvgIpc) is 2.44. The summed E-state index contributed by atoms with van der Waals surface area (Å²) in [4.78, 5) is 12.0. The Kier molecular flexibility index (Phi) is 6.36. The number of carbonyl (C=O) groups excluding carboxylic acids is 1. The van der Waals surface area contributed by atoms with Crippen molar-refractivity contribution in [1.29, 1.82) is 0 Å². The highest BCUT2D eigenvalue weighted by Crippen LogP contribution is 2.24. The molecule has 0 spiro atoms. The van der Waals surface area contributed by atoms with E-state index in [0.717, 1.165) is 17.9 Å². The molecule has 2 N–H and O–H groups in total. The SMILES string of the molecule is CCNCC(C)C(=O)NC(C)c1ccccc1OC. The lowest BCUT2D eigenvalue weighted by atomic mass is 10.1. The number of hydrogen-bond acceptors (Lipinski definition) is 3. The Balaban J connectivity index is 2.63. The summed E-state index contributed by atoms with van der Waals surface area (Å²) in [6.07, 6.45) is 0. The number of methoxy groups -OCH3 is 1. The van der Waals surface area contributed by atoms with Crippen molar-refractivity contribution < 1.29 is 9.53 Å². The molecule has 2 unspecified atom stereocenters. The zero-order valence-electron chi connectivity index (χ0n) is 12.2. The van der Waals surface area contributed by atoms with Gasteiger partial charge in [-0.2, -0.15) is 0 Å². The molecule has 0 aliphatic rings. The molecule has 2 atom stereocenters. The Hall–Kier alpha value is -1.55. The van der Waals surface area contributed by atoms with Crippen LogP contribution < -0.4 is 15.4 Å². The van der Waals surface area contributed by atoms with Crippen LogP contribution in [0.1, 0.15) is 32.4 Å². The van der Waals surface area contributed by atoms with Crippen LogP contribution in [-0.4, -0.2) is 26.1 Å². The second-order valence-electron chi connectivity index (χ2n) is 4.68. The Morgan fingerprint density at radius 1 is 1.32 bits per heavy atom. The Labute approximate surface area is 115 Å². The fourth-order valence-corrected chi connectivity index (χ4v) is 1.91. The van der Waals surface area contributed by atoms with Crippen molar-refractivity contribution in [2.24, 2.45) is 5.92 Å². The summed E-state index contributed by atoms with van der Waals surface area (Å²) in [7, 11) is 1.64. The van der Waals surface area contributed by atoms with Crippen LogP contribution in [0.3, 0.4) is 0 Å². The van der Waals surface area contributed by atoms with Crippen LogP contribution in [0.5, 0.6) is 5.75 Å². The van der Waals surface area contributed by atoms with Crippen molar-refractivity contribution in [3.63, 3.8) is 0 Å². The van der Waals surface area contributed by atoms with Crippen LogP contribution in [-0.2, 0) is 4.79 Å². The van der Waals surface area contributed by atoms with Gasteiger partial charge in [-0.1, -0.05) is 32.0 Å². The molecule has 0 radical (unpaired) electrons. The molecule has 1 aromatic rings. The van der Waals surface area contributed by atoms with Crippen molar-refractivity contribution in [3.05, 3.63) is 29.8 Å². The summed E-state index contributed by atoms with van der Waals surface area (Å²) in [5.74, 6) is 0.811. The van der Waals surface area contributed by atoms with E-state index in [9.17, 15) is 4.79 Å². The van der Waals surface area contributed by atoms with Gasteiger partial charge in [0, 0.05) is 18.0 Å². The highest BCUT2D eigenvalue weighted by Gasteiger charge is 2.17. The molecule has 19 heavy (non-hydrogen) atoms. The van der Waals surface area contributed by atoms with Crippen LogP contribution in [0.25, 0.3) is 0 Å². The molecule has 106 valence electrons. The molecule has 0 saturated heterocycles. The maximum atomic E-state index is 12.0. The van der Waals surface area contributed by atoms with E-state index >= 15 is 0 Å². The third-order valence-electron chi connectivity index (χ3n) is 3.11. The van der Waals surface area contributed by atoms with E-state index in [1.54, 1.807) is 7.11 Å². The number of hydrogen-bond donors (Lipinski definition) is 2.